The SMILES string of the molecule is O=C(NC1CNC1)c1ccc2c(c1)NC(=O)c1cccn1S2(=O)=O. The molecule has 1 aromatic heterocycles. The zero-order chi connectivity index (χ0) is 16.9. The first-order valence-corrected chi connectivity index (χ1v) is 8.81. The average molecular weight is 346 g/mol. The van der Waals surface area contributed by atoms with Gasteiger partial charge < -0.3 is 16.0 Å². The van der Waals surface area contributed by atoms with Gasteiger partial charge in [-0.15, -0.1) is 0 Å². The number of carbonyl (C=O) groups is 2. The molecule has 1 fully saturated rings. The quantitative estimate of drug-likeness (QED) is 0.709. The summed E-state index contributed by atoms with van der Waals surface area (Å²) in [5.41, 5.74) is 0.420. The van der Waals surface area contributed by atoms with Crippen LogP contribution in [0.1, 0.15) is 20.8 Å². The van der Waals surface area contributed by atoms with E-state index < -0.39 is 15.9 Å². The number of aromatic nitrogens is 1. The zero-order valence-corrected chi connectivity index (χ0v) is 13.3. The van der Waals surface area contributed by atoms with Gasteiger partial charge in [-0.3, -0.25) is 9.59 Å². The lowest BCUT2D eigenvalue weighted by Crippen LogP contribution is -2.56. The van der Waals surface area contributed by atoms with Crippen LogP contribution in [0.2, 0.25) is 0 Å². The highest BCUT2D eigenvalue weighted by Crippen LogP contribution is 2.29. The van der Waals surface area contributed by atoms with Gasteiger partial charge in [0.2, 0.25) is 0 Å². The summed E-state index contributed by atoms with van der Waals surface area (Å²) in [6.07, 6.45) is 1.32. The second-order valence-electron chi connectivity index (χ2n) is 5.69. The largest absolute Gasteiger partial charge is 0.347 e. The van der Waals surface area contributed by atoms with Crippen molar-refractivity contribution >= 4 is 27.5 Å². The predicted molar refractivity (Wildman–Crippen MR) is 85.5 cm³/mol. The van der Waals surface area contributed by atoms with Gasteiger partial charge in [-0.1, -0.05) is 0 Å². The first-order valence-electron chi connectivity index (χ1n) is 7.37. The summed E-state index contributed by atoms with van der Waals surface area (Å²) in [4.78, 5) is 24.4. The Hall–Kier alpha value is -2.65. The summed E-state index contributed by atoms with van der Waals surface area (Å²) in [6.45, 7) is 1.41. The zero-order valence-electron chi connectivity index (χ0n) is 12.4. The van der Waals surface area contributed by atoms with Gasteiger partial charge in [0.15, 0.2) is 0 Å². The molecule has 3 heterocycles. The van der Waals surface area contributed by atoms with Gasteiger partial charge >= 0.3 is 0 Å². The lowest BCUT2D eigenvalue weighted by Gasteiger charge is -2.28. The second kappa shape index (κ2) is 5.18. The first kappa shape index (κ1) is 14.9. The minimum atomic E-state index is -3.89. The summed E-state index contributed by atoms with van der Waals surface area (Å²) in [6, 6.07) is 7.16. The van der Waals surface area contributed by atoms with Gasteiger partial charge in [-0.2, -0.15) is 0 Å². The van der Waals surface area contributed by atoms with Crippen molar-refractivity contribution in [3.05, 3.63) is 47.8 Å². The summed E-state index contributed by atoms with van der Waals surface area (Å²) >= 11 is 0. The van der Waals surface area contributed by atoms with Crippen LogP contribution in [0, 0.1) is 0 Å². The Kier molecular flexibility index (Phi) is 3.22. The Labute approximate surface area is 137 Å². The van der Waals surface area contributed by atoms with E-state index >= 15 is 0 Å². The molecule has 0 atom stereocenters. The Bertz CT molecular complexity index is 960. The first-order chi connectivity index (χ1) is 11.5. The molecule has 3 N–H and O–H groups in total. The molecule has 2 aliphatic rings. The van der Waals surface area contributed by atoms with Gasteiger partial charge in [0.1, 0.15) is 10.6 Å². The van der Waals surface area contributed by atoms with Crippen molar-refractivity contribution in [3.8, 4) is 0 Å². The van der Waals surface area contributed by atoms with Crippen LogP contribution in [0.5, 0.6) is 0 Å². The third-order valence-corrected chi connectivity index (χ3v) is 5.84. The molecule has 0 aliphatic carbocycles. The maximum absolute atomic E-state index is 12.7. The molecule has 0 bridgehead atoms. The number of fused-ring (bicyclic) bond motifs is 2. The molecule has 24 heavy (non-hydrogen) atoms. The topological polar surface area (TPSA) is 109 Å². The van der Waals surface area contributed by atoms with Crippen LogP contribution in [0.15, 0.2) is 41.4 Å². The maximum atomic E-state index is 12.7. The van der Waals surface area contributed by atoms with Gasteiger partial charge in [0.05, 0.1) is 11.7 Å². The van der Waals surface area contributed by atoms with E-state index in [4.69, 9.17) is 0 Å². The van der Waals surface area contributed by atoms with Gasteiger partial charge in [0.25, 0.3) is 21.8 Å². The molecule has 8 nitrogen and oxygen atoms in total. The molecule has 0 radical (unpaired) electrons. The van der Waals surface area contributed by atoms with E-state index in [-0.39, 0.29) is 28.2 Å². The van der Waals surface area contributed by atoms with Crippen LogP contribution in [0.25, 0.3) is 0 Å². The molecule has 9 heteroatoms. The molecule has 1 saturated heterocycles. The van der Waals surface area contributed by atoms with Crippen molar-refractivity contribution in [1.29, 1.82) is 0 Å². The maximum Gasteiger partial charge on any atom is 0.273 e. The normalized spacial score (nSPS) is 18.6. The van der Waals surface area contributed by atoms with Gasteiger partial charge in [0, 0.05) is 24.8 Å². The third-order valence-electron chi connectivity index (χ3n) is 4.09. The third kappa shape index (κ3) is 2.21. The number of rotatable bonds is 2. The van der Waals surface area contributed by atoms with Crippen molar-refractivity contribution in [3.63, 3.8) is 0 Å². The summed E-state index contributed by atoms with van der Waals surface area (Å²) in [5.74, 6) is -0.845. The van der Waals surface area contributed by atoms with E-state index in [0.717, 1.165) is 3.97 Å². The molecule has 4 rings (SSSR count). The van der Waals surface area contributed by atoms with Gasteiger partial charge in [-0.25, -0.2) is 12.4 Å². The lowest BCUT2D eigenvalue weighted by molar-refractivity contribution is 0.0922. The highest BCUT2D eigenvalue weighted by Gasteiger charge is 2.30. The molecule has 1 aromatic carbocycles. The number of nitrogens with zero attached hydrogens (tertiary/aromatic N) is 1. The molecule has 2 amide bonds. The lowest BCUT2D eigenvalue weighted by atomic mass is 10.1. The van der Waals surface area contributed by atoms with E-state index in [1.165, 1.54) is 36.5 Å². The van der Waals surface area contributed by atoms with Crippen molar-refractivity contribution < 1.29 is 18.0 Å². The van der Waals surface area contributed by atoms with E-state index in [1.807, 2.05) is 0 Å². The highest BCUT2D eigenvalue weighted by molar-refractivity contribution is 7.90. The molecule has 124 valence electrons. The smallest absolute Gasteiger partial charge is 0.273 e. The standard InChI is InChI=1S/C15H14N4O4S/c20-14(17-10-7-16-8-10)9-3-4-13-11(6-9)18-15(21)12-2-1-5-19(12)24(13,22)23/h1-6,10,16H,7-8H2,(H,17,20)(H,18,21). The fraction of sp³-hybridized carbons (Fsp3) is 0.200. The summed E-state index contributed by atoms with van der Waals surface area (Å²) in [7, 11) is -3.89. The fourth-order valence-electron chi connectivity index (χ4n) is 2.70. The van der Waals surface area contributed by atoms with Crippen LogP contribution >= 0.6 is 0 Å². The summed E-state index contributed by atoms with van der Waals surface area (Å²) < 4.78 is 26.3. The van der Waals surface area contributed by atoms with Gasteiger partial charge in [-0.05, 0) is 30.3 Å². The minimum Gasteiger partial charge on any atom is -0.347 e. The molecule has 0 saturated carbocycles. The number of nitrogens with one attached hydrogen (secondary N) is 3. The van der Waals surface area contributed by atoms with Crippen LogP contribution in [0.4, 0.5) is 5.69 Å². The minimum absolute atomic E-state index is 0.0257. The molecular formula is C15H14N4O4S. The molecule has 0 spiro atoms. The summed E-state index contributed by atoms with van der Waals surface area (Å²) in [5, 5.41) is 8.44. The van der Waals surface area contributed by atoms with E-state index in [2.05, 4.69) is 16.0 Å². The Balaban J connectivity index is 1.76. The molecule has 2 aromatic rings. The van der Waals surface area contributed by atoms with Crippen LogP contribution < -0.4 is 16.0 Å². The Morgan fingerprint density at radius 3 is 2.75 bits per heavy atom. The second-order valence-corrected chi connectivity index (χ2v) is 7.47. The van der Waals surface area contributed by atoms with Crippen molar-refractivity contribution in [2.24, 2.45) is 0 Å². The van der Waals surface area contributed by atoms with Crippen LogP contribution in [-0.2, 0) is 10.0 Å². The van der Waals surface area contributed by atoms with Crippen molar-refractivity contribution in [2.45, 2.75) is 10.9 Å². The van der Waals surface area contributed by atoms with Crippen molar-refractivity contribution in [1.82, 2.24) is 14.6 Å². The van der Waals surface area contributed by atoms with E-state index in [1.54, 1.807) is 0 Å². The Morgan fingerprint density at radius 1 is 1.25 bits per heavy atom. The monoisotopic (exact) mass is 346 g/mol. The number of carbonyl (C=O) groups excluding carboxylic acids is 2. The highest BCUT2D eigenvalue weighted by atomic mass is 32.2. The van der Waals surface area contributed by atoms with E-state index in [9.17, 15) is 18.0 Å². The average Bonchev–Trinajstić information content (AvgIpc) is 2.98. The van der Waals surface area contributed by atoms with Crippen LogP contribution in [-0.4, -0.2) is 43.3 Å². The number of hydrogen-bond donors (Lipinski definition) is 3. The van der Waals surface area contributed by atoms with E-state index in [0.29, 0.717) is 18.7 Å². The number of amides is 2. The molecule has 0 unspecified atom stereocenters. The number of anilines is 1. The number of benzene rings is 1. The Morgan fingerprint density at radius 2 is 2.04 bits per heavy atom. The fourth-order valence-corrected chi connectivity index (χ4v) is 4.17. The molecule has 2 aliphatic heterocycles. The molecular weight excluding hydrogens is 332 g/mol. The predicted octanol–water partition coefficient (Wildman–Crippen LogP) is -0.00760. The van der Waals surface area contributed by atoms with Crippen LogP contribution in [0.3, 0.4) is 0 Å². The van der Waals surface area contributed by atoms with Crippen molar-refractivity contribution in [2.75, 3.05) is 18.4 Å². The number of hydrogen-bond acceptors (Lipinski definition) is 5.